The summed E-state index contributed by atoms with van der Waals surface area (Å²) in [6.45, 7) is 3.34. The van der Waals surface area contributed by atoms with Gasteiger partial charge in [-0.15, -0.1) is 0 Å². The Kier molecular flexibility index (Phi) is 6.17. The molecule has 1 heterocycles. The number of nitrogens with zero attached hydrogens (tertiary/aromatic N) is 2. The molecule has 0 unspecified atom stereocenters. The second-order valence-electron chi connectivity index (χ2n) is 6.19. The highest BCUT2D eigenvalue weighted by atomic mass is 35.5. The number of para-hydroxylation sites is 2. The van der Waals surface area contributed by atoms with E-state index >= 15 is 0 Å². The summed E-state index contributed by atoms with van der Waals surface area (Å²) in [4.78, 5) is 16.8. The predicted molar refractivity (Wildman–Crippen MR) is 107 cm³/mol. The molecule has 0 aliphatic carbocycles. The van der Waals surface area contributed by atoms with E-state index in [0.29, 0.717) is 36.0 Å². The Hall–Kier alpha value is -2.04. The van der Waals surface area contributed by atoms with Crippen LogP contribution in [0, 0.1) is 0 Å². The molecule has 0 fully saturated rings. The van der Waals surface area contributed by atoms with Gasteiger partial charge in [-0.3, -0.25) is 4.79 Å². The minimum atomic E-state index is 0.0603. The van der Waals surface area contributed by atoms with Gasteiger partial charge in [-0.25, -0.2) is 4.98 Å². The highest BCUT2D eigenvalue weighted by Gasteiger charge is 2.13. The molecular formula is C20H21Cl2N3O. The molecule has 136 valence electrons. The van der Waals surface area contributed by atoms with Crippen molar-refractivity contribution in [1.82, 2.24) is 14.9 Å². The van der Waals surface area contributed by atoms with Crippen LogP contribution in [0.1, 0.15) is 31.2 Å². The van der Waals surface area contributed by atoms with Crippen LogP contribution in [0.25, 0.3) is 11.0 Å². The number of imidazole rings is 1. The van der Waals surface area contributed by atoms with Gasteiger partial charge in [-0.05, 0) is 36.2 Å². The summed E-state index contributed by atoms with van der Waals surface area (Å²) < 4.78 is 2.11. The van der Waals surface area contributed by atoms with E-state index < -0.39 is 0 Å². The molecule has 1 aromatic heterocycles. The number of amides is 1. The number of nitrogens with one attached hydrogen (secondary N) is 1. The predicted octanol–water partition coefficient (Wildman–Crippen LogP) is 4.85. The molecule has 0 saturated heterocycles. The van der Waals surface area contributed by atoms with Crippen LogP contribution in [0.3, 0.4) is 0 Å². The first-order chi connectivity index (χ1) is 12.6. The fraction of sp³-hybridized carbons (Fsp3) is 0.300. The van der Waals surface area contributed by atoms with E-state index in [4.69, 9.17) is 28.2 Å². The zero-order valence-electron chi connectivity index (χ0n) is 14.6. The molecule has 1 amide bonds. The van der Waals surface area contributed by atoms with Gasteiger partial charge in [-0.1, -0.05) is 48.3 Å². The van der Waals surface area contributed by atoms with Gasteiger partial charge in [0.1, 0.15) is 5.82 Å². The lowest BCUT2D eigenvalue weighted by molar-refractivity contribution is -0.121. The zero-order valence-corrected chi connectivity index (χ0v) is 16.1. The quantitative estimate of drug-likeness (QED) is 0.627. The van der Waals surface area contributed by atoms with Crippen LogP contribution >= 0.6 is 23.2 Å². The topological polar surface area (TPSA) is 46.9 Å². The average molecular weight is 390 g/mol. The molecule has 26 heavy (non-hydrogen) atoms. The third-order valence-corrected chi connectivity index (χ3v) is 4.95. The second-order valence-corrected chi connectivity index (χ2v) is 7.01. The third-order valence-electron chi connectivity index (χ3n) is 4.21. The first-order valence-electron chi connectivity index (χ1n) is 8.73. The van der Waals surface area contributed by atoms with Crippen molar-refractivity contribution in [3.8, 4) is 0 Å². The molecule has 4 nitrogen and oxygen atoms in total. The highest BCUT2D eigenvalue weighted by Crippen LogP contribution is 2.25. The lowest BCUT2D eigenvalue weighted by Crippen LogP contribution is -2.25. The number of hydrogen-bond acceptors (Lipinski definition) is 2. The van der Waals surface area contributed by atoms with E-state index in [1.165, 1.54) is 0 Å². The van der Waals surface area contributed by atoms with Gasteiger partial charge in [0.05, 0.1) is 21.1 Å². The Morgan fingerprint density at radius 1 is 1.15 bits per heavy atom. The fourth-order valence-corrected chi connectivity index (χ4v) is 3.23. The molecular weight excluding hydrogens is 369 g/mol. The number of rotatable bonds is 7. The van der Waals surface area contributed by atoms with Gasteiger partial charge in [-0.2, -0.15) is 0 Å². The van der Waals surface area contributed by atoms with Crippen LogP contribution in [-0.4, -0.2) is 22.0 Å². The molecule has 0 aliphatic rings. The molecule has 0 spiro atoms. The number of hydrogen-bond donors (Lipinski definition) is 1. The summed E-state index contributed by atoms with van der Waals surface area (Å²) in [5.41, 5.74) is 2.99. The van der Waals surface area contributed by atoms with Crippen molar-refractivity contribution in [2.24, 2.45) is 0 Å². The van der Waals surface area contributed by atoms with Gasteiger partial charge in [0.2, 0.25) is 5.91 Å². The van der Waals surface area contributed by atoms with Crippen molar-refractivity contribution >= 4 is 40.1 Å². The number of aryl methyl sites for hydroxylation is 1. The summed E-state index contributed by atoms with van der Waals surface area (Å²) in [6, 6.07) is 13.6. The van der Waals surface area contributed by atoms with Crippen molar-refractivity contribution in [3.63, 3.8) is 0 Å². The van der Waals surface area contributed by atoms with E-state index in [1.54, 1.807) is 6.07 Å². The maximum Gasteiger partial charge on any atom is 0.221 e. The Labute approximate surface area is 163 Å². The van der Waals surface area contributed by atoms with Gasteiger partial charge in [0, 0.05) is 25.9 Å². The molecule has 0 saturated carbocycles. The van der Waals surface area contributed by atoms with E-state index in [1.807, 2.05) is 43.3 Å². The number of benzene rings is 2. The summed E-state index contributed by atoms with van der Waals surface area (Å²) in [6.07, 6.45) is 1.99. The van der Waals surface area contributed by atoms with Crippen molar-refractivity contribution in [3.05, 3.63) is 63.9 Å². The summed E-state index contributed by atoms with van der Waals surface area (Å²) in [5.74, 6) is 0.970. The van der Waals surface area contributed by atoms with E-state index in [9.17, 15) is 4.79 Å². The van der Waals surface area contributed by atoms with Gasteiger partial charge >= 0.3 is 0 Å². The minimum absolute atomic E-state index is 0.0603. The van der Waals surface area contributed by atoms with Gasteiger partial charge in [0.25, 0.3) is 0 Å². The third kappa shape index (κ3) is 4.37. The summed E-state index contributed by atoms with van der Waals surface area (Å²) >= 11 is 12.1. The Morgan fingerprint density at radius 2 is 1.96 bits per heavy atom. The lowest BCUT2D eigenvalue weighted by Gasteiger charge is -2.10. The molecule has 0 atom stereocenters. The first-order valence-corrected chi connectivity index (χ1v) is 9.49. The van der Waals surface area contributed by atoms with Crippen molar-refractivity contribution < 1.29 is 4.79 Å². The van der Waals surface area contributed by atoms with Crippen LogP contribution < -0.4 is 5.32 Å². The molecule has 1 N–H and O–H groups in total. The van der Waals surface area contributed by atoms with Crippen LogP contribution in [0.15, 0.2) is 42.5 Å². The summed E-state index contributed by atoms with van der Waals surface area (Å²) in [5, 5.41) is 3.99. The second kappa shape index (κ2) is 8.56. The van der Waals surface area contributed by atoms with Gasteiger partial charge < -0.3 is 9.88 Å². The molecule has 6 heteroatoms. The Balaban J connectivity index is 1.86. The minimum Gasteiger partial charge on any atom is -0.356 e. The number of carbonyl (C=O) groups excluding carboxylic acids is 1. The Bertz CT molecular complexity index is 921. The normalized spacial score (nSPS) is 11.0. The highest BCUT2D eigenvalue weighted by molar-refractivity contribution is 6.42. The van der Waals surface area contributed by atoms with Crippen molar-refractivity contribution in [2.45, 2.75) is 32.7 Å². The van der Waals surface area contributed by atoms with Crippen molar-refractivity contribution in [1.29, 1.82) is 0 Å². The maximum absolute atomic E-state index is 12.0. The first kappa shape index (κ1) is 18.7. The van der Waals surface area contributed by atoms with Gasteiger partial charge in [0.15, 0.2) is 0 Å². The smallest absolute Gasteiger partial charge is 0.221 e. The number of halogens is 2. The number of aromatic nitrogens is 2. The zero-order chi connectivity index (χ0) is 18.5. The van der Waals surface area contributed by atoms with Crippen LogP contribution in [0.2, 0.25) is 10.0 Å². The SMILES string of the molecule is CCCNC(=O)CCn1c(Cc2ccc(Cl)c(Cl)c2)nc2ccccc21. The standard InChI is InChI=1S/C20H21Cl2N3O/c1-2-10-23-20(26)9-11-25-18-6-4-3-5-17(18)24-19(25)13-14-7-8-15(21)16(22)12-14/h3-8,12H,2,9-11,13H2,1H3,(H,23,26). The van der Waals surface area contributed by atoms with Crippen molar-refractivity contribution in [2.75, 3.05) is 6.54 Å². The van der Waals surface area contributed by atoms with Crippen LogP contribution in [0.5, 0.6) is 0 Å². The molecule has 2 aromatic carbocycles. The van der Waals surface area contributed by atoms with Crippen LogP contribution in [0.4, 0.5) is 0 Å². The lowest BCUT2D eigenvalue weighted by atomic mass is 10.1. The molecule has 3 aromatic rings. The Morgan fingerprint density at radius 3 is 2.73 bits per heavy atom. The monoisotopic (exact) mass is 389 g/mol. The largest absolute Gasteiger partial charge is 0.356 e. The van der Waals surface area contributed by atoms with E-state index in [2.05, 4.69) is 9.88 Å². The average Bonchev–Trinajstić information content (AvgIpc) is 2.98. The van der Waals surface area contributed by atoms with Crippen LogP contribution in [-0.2, 0) is 17.8 Å². The number of carbonyl (C=O) groups is 1. The molecule has 0 aliphatic heterocycles. The number of fused-ring (bicyclic) bond motifs is 1. The van der Waals surface area contributed by atoms with E-state index in [0.717, 1.165) is 28.8 Å². The molecule has 0 bridgehead atoms. The fourth-order valence-electron chi connectivity index (χ4n) is 2.91. The molecule has 0 radical (unpaired) electrons. The maximum atomic E-state index is 12.0. The summed E-state index contributed by atoms with van der Waals surface area (Å²) in [7, 11) is 0. The van der Waals surface area contributed by atoms with E-state index in [-0.39, 0.29) is 5.91 Å². The molecule has 3 rings (SSSR count).